The highest BCUT2D eigenvalue weighted by molar-refractivity contribution is 4.89. The van der Waals surface area contributed by atoms with E-state index in [1.54, 1.807) is 0 Å². The first-order valence-corrected chi connectivity index (χ1v) is 10.1. The van der Waals surface area contributed by atoms with Crippen molar-refractivity contribution in [1.29, 1.82) is 0 Å². The maximum absolute atomic E-state index is 9.94. The number of rotatable bonds is 14. The number of aliphatic hydroxyl groups excluding tert-OH is 3. The van der Waals surface area contributed by atoms with Crippen molar-refractivity contribution in [3.63, 3.8) is 0 Å². The predicted molar refractivity (Wildman–Crippen MR) is 99.6 cm³/mol. The van der Waals surface area contributed by atoms with Gasteiger partial charge in [0, 0.05) is 0 Å². The summed E-state index contributed by atoms with van der Waals surface area (Å²) in [7, 11) is 0. The molecule has 0 amide bonds. The van der Waals surface area contributed by atoms with E-state index >= 15 is 0 Å². The zero-order valence-corrected chi connectivity index (χ0v) is 15.8. The smallest absolute Gasteiger partial charge is 0.115 e. The molecule has 4 atom stereocenters. The van der Waals surface area contributed by atoms with E-state index in [0.717, 1.165) is 6.42 Å². The highest BCUT2D eigenvalue weighted by Gasteiger charge is 2.38. The number of ether oxygens (including phenoxy) is 2. The van der Waals surface area contributed by atoms with Crippen LogP contribution in [-0.4, -0.2) is 59.6 Å². The second kappa shape index (κ2) is 14.7. The van der Waals surface area contributed by atoms with E-state index in [0.29, 0.717) is 6.61 Å². The Bertz CT molecular complexity index is 332. The molecule has 3 N–H and O–H groups in total. The first-order valence-electron chi connectivity index (χ1n) is 10.1. The third-order valence-electron chi connectivity index (χ3n) is 4.78. The van der Waals surface area contributed by atoms with Gasteiger partial charge in [-0.2, -0.15) is 0 Å². The van der Waals surface area contributed by atoms with Crippen molar-refractivity contribution in [2.45, 2.75) is 95.5 Å². The molecular formula is C20H38O5. The highest BCUT2D eigenvalue weighted by Crippen LogP contribution is 2.18. The minimum atomic E-state index is -1.02. The molecule has 1 aliphatic heterocycles. The summed E-state index contributed by atoms with van der Waals surface area (Å²) >= 11 is 0. The van der Waals surface area contributed by atoms with Crippen LogP contribution in [0.15, 0.2) is 12.2 Å². The van der Waals surface area contributed by atoms with Crippen LogP contribution in [-0.2, 0) is 9.47 Å². The Morgan fingerprint density at radius 1 is 0.960 bits per heavy atom. The molecule has 0 saturated carbocycles. The summed E-state index contributed by atoms with van der Waals surface area (Å²) in [5.74, 6) is 0. The van der Waals surface area contributed by atoms with Crippen molar-refractivity contribution in [3.8, 4) is 0 Å². The van der Waals surface area contributed by atoms with E-state index in [4.69, 9.17) is 9.47 Å². The predicted octanol–water partition coefficient (Wildman–Crippen LogP) is 2.96. The molecule has 0 bridgehead atoms. The van der Waals surface area contributed by atoms with Gasteiger partial charge >= 0.3 is 0 Å². The summed E-state index contributed by atoms with van der Waals surface area (Å²) < 4.78 is 10.9. The maximum atomic E-state index is 9.94. The largest absolute Gasteiger partial charge is 0.394 e. The van der Waals surface area contributed by atoms with Crippen LogP contribution in [0.4, 0.5) is 0 Å². The highest BCUT2D eigenvalue weighted by atomic mass is 16.6. The van der Waals surface area contributed by atoms with Gasteiger partial charge in [-0.3, -0.25) is 0 Å². The van der Waals surface area contributed by atoms with Crippen LogP contribution < -0.4 is 0 Å². The van der Waals surface area contributed by atoms with Gasteiger partial charge in [-0.25, -0.2) is 0 Å². The van der Waals surface area contributed by atoms with Crippen LogP contribution in [0, 0.1) is 0 Å². The molecule has 0 unspecified atom stereocenters. The first kappa shape index (κ1) is 22.6. The molecule has 0 aromatic heterocycles. The normalized spacial score (nSPS) is 27.2. The molecule has 0 aromatic rings. The monoisotopic (exact) mass is 358 g/mol. The standard InChI is InChI=1S/C20H38O5/c1-2-3-4-5-6-7-8-9-10-11-12-13-14-24-20-18(15-21)25-16-17(22)19(20)23/h12-13,17-23H,2-11,14-16H2,1H3/b13-12+/t17-,18+,19+,20+/m1/s1. The Labute approximate surface area is 153 Å². The fourth-order valence-corrected chi connectivity index (χ4v) is 3.14. The van der Waals surface area contributed by atoms with E-state index < -0.39 is 24.4 Å². The van der Waals surface area contributed by atoms with Gasteiger partial charge in [-0.1, -0.05) is 70.4 Å². The average Bonchev–Trinajstić information content (AvgIpc) is 2.62. The number of hydrogen-bond acceptors (Lipinski definition) is 5. The van der Waals surface area contributed by atoms with Crippen LogP contribution in [0.2, 0.25) is 0 Å². The minimum absolute atomic E-state index is 0.0285. The topological polar surface area (TPSA) is 79.2 Å². The van der Waals surface area contributed by atoms with Crippen LogP contribution in [0.5, 0.6) is 0 Å². The molecule has 0 aliphatic carbocycles. The Balaban J connectivity index is 2.00. The molecule has 1 heterocycles. The van der Waals surface area contributed by atoms with Crippen molar-refractivity contribution in [1.82, 2.24) is 0 Å². The number of aliphatic hydroxyl groups is 3. The Hall–Kier alpha value is -0.460. The van der Waals surface area contributed by atoms with Gasteiger partial charge in [0.25, 0.3) is 0 Å². The van der Waals surface area contributed by atoms with Gasteiger partial charge in [0.2, 0.25) is 0 Å². The van der Waals surface area contributed by atoms with E-state index in [9.17, 15) is 15.3 Å². The quantitative estimate of drug-likeness (QED) is 0.329. The molecule has 5 nitrogen and oxygen atoms in total. The molecule has 1 saturated heterocycles. The van der Waals surface area contributed by atoms with Crippen LogP contribution in [0.25, 0.3) is 0 Å². The number of hydrogen-bond donors (Lipinski definition) is 3. The fourth-order valence-electron chi connectivity index (χ4n) is 3.14. The summed E-state index contributed by atoms with van der Waals surface area (Å²) in [6.07, 6.45) is 13.8. The molecule has 148 valence electrons. The summed E-state index contributed by atoms with van der Waals surface area (Å²) in [6.45, 7) is 2.40. The summed E-state index contributed by atoms with van der Waals surface area (Å²) in [4.78, 5) is 0. The van der Waals surface area contributed by atoms with Crippen LogP contribution in [0.3, 0.4) is 0 Å². The second-order valence-electron chi connectivity index (χ2n) is 7.00. The number of allylic oxidation sites excluding steroid dienone is 1. The van der Waals surface area contributed by atoms with E-state index in [1.807, 2.05) is 6.08 Å². The van der Waals surface area contributed by atoms with E-state index in [1.165, 1.54) is 57.8 Å². The van der Waals surface area contributed by atoms with Crippen LogP contribution >= 0.6 is 0 Å². The zero-order valence-electron chi connectivity index (χ0n) is 15.8. The Kier molecular flexibility index (Phi) is 13.3. The lowest BCUT2D eigenvalue weighted by atomic mass is 10.0. The van der Waals surface area contributed by atoms with Crippen molar-refractivity contribution < 1.29 is 24.8 Å². The van der Waals surface area contributed by atoms with Crippen molar-refractivity contribution in [3.05, 3.63) is 12.2 Å². The third kappa shape index (κ3) is 9.71. The van der Waals surface area contributed by atoms with Crippen molar-refractivity contribution >= 4 is 0 Å². The number of unbranched alkanes of at least 4 members (excludes halogenated alkanes) is 9. The lowest BCUT2D eigenvalue weighted by Gasteiger charge is -2.37. The summed E-state index contributed by atoms with van der Waals surface area (Å²) in [6, 6.07) is 0. The molecule has 1 rings (SSSR count). The molecule has 25 heavy (non-hydrogen) atoms. The molecule has 0 radical (unpaired) electrons. The van der Waals surface area contributed by atoms with Gasteiger partial charge in [-0.05, 0) is 12.8 Å². The average molecular weight is 359 g/mol. The van der Waals surface area contributed by atoms with E-state index in [2.05, 4.69) is 13.0 Å². The second-order valence-corrected chi connectivity index (χ2v) is 7.00. The van der Waals surface area contributed by atoms with Gasteiger partial charge in [0.1, 0.15) is 24.4 Å². The Morgan fingerprint density at radius 2 is 1.60 bits per heavy atom. The molecule has 5 heteroatoms. The van der Waals surface area contributed by atoms with Gasteiger partial charge in [0.15, 0.2) is 0 Å². The Morgan fingerprint density at radius 3 is 2.24 bits per heavy atom. The molecule has 0 spiro atoms. The van der Waals surface area contributed by atoms with Gasteiger partial charge in [-0.15, -0.1) is 0 Å². The maximum Gasteiger partial charge on any atom is 0.115 e. The third-order valence-corrected chi connectivity index (χ3v) is 4.78. The lowest BCUT2D eigenvalue weighted by molar-refractivity contribution is -0.208. The van der Waals surface area contributed by atoms with Crippen molar-refractivity contribution in [2.75, 3.05) is 19.8 Å². The molecule has 1 fully saturated rings. The van der Waals surface area contributed by atoms with Crippen molar-refractivity contribution in [2.24, 2.45) is 0 Å². The molecular weight excluding hydrogens is 320 g/mol. The first-order chi connectivity index (χ1) is 12.2. The van der Waals surface area contributed by atoms with E-state index in [-0.39, 0.29) is 13.2 Å². The zero-order chi connectivity index (χ0) is 18.3. The summed E-state index contributed by atoms with van der Waals surface area (Å²) in [5.41, 5.74) is 0. The SMILES string of the molecule is CCCCCCCCCCC/C=C/CO[C@@H]1[C@@H](O)[C@H](O)CO[C@H]1CO. The minimum Gasteiger partial charge on any atom is -0.394 e. The fraction of sp³-hybridized carbons (Fsp3) is 0.900. The molecule has 1 aliphatic rings. The lowest BCUT2D eigenvalue weighted by Crippen LogP contribution is -2.55. The molecule has 0 aromatic carbocycles. The van der Waals surface area contributed by atoms with Gasteiger partial charge < -0.3 is 24.8 Å². The van der Waals surface area contributed by atoms with Gasteiger partial charge in [0.05, 0.1) is 19.8 Å². The summed E-state index contributed by atoms with van der Waals surface area (Å²) in [5, 5.41) is 28.8. The van der Waals surface area contributed by atoms with Crippen LogP contribution in [0.1, 0.15) is 71.1 Å².